The highest BCUT2D eigenvalue weighted by Crippen LogP contribution is 2.16. The Hall–Kier alpha value is 0.270. The second-order valence-electron chi connectivity index (χ2n) is 4.63. The van der Waals surface area contributed by atoms with Crippen LogP contribution in [0.15, 0.2) is 0 Å². The topological polar surface area (TPSA) is 21.3 Å². The molecule has 2 nitrogen and oxygen atoms in total. The first-order valence-electron chi connectivity index (χ1n) is 6.70. The predicted octanol–water partition coefficient (Wildman–Crippen LogP) is 3.07. The molecule has 0 bridgehead atoms. The number of ether oxygens (including phenoxy) is 1. The molecule has 1 fully saturated rings. The van der Waals surface area contributed by atoms with E-state index in [0.717, 1.165) is 13.0 Å². The molecule has 0 saturated carbocycles. The number of hydrogen-bond acceptors (Lipinski definition) is 3. The zero-order valence-corrected chi connectivity index (χ0v) is 11.7. The lowest BCUT2D eigenvalue weighted by Crippen LogP contribution is -2.39. The molecule has 1 aliphatic heterocycles. The first kappa shape index (κ1) is 14.3. The quantitative estimate of drug-likeness (QED) is 0.664. The molecular formula is C13H27NOS. The van der Waals surface area contributed by atoms with Crippen molar-refractivity contribution in [1.29, 1.82) is 0 Å². The Labute approximate surface area is 105 Å². The molecule has 0 radical (unpaired) electrons. The Morgan fingerprint density at radius 1 is 1.31 bits per heavy atom. The van der Waals surface area contributed by atoms with E-state index in [0.29, 0.717) is 12.1 Å². The van der Waals surface area contributed by atoms with Gasteiger partial charge in [0.1, 0.15) is 0 Å². The van der Waals surface area contributed by atoms with Gasteiger partial charge in [0.05, 0.1) is 6.10 Å². The van der Waals surface area contributed by atoms with Gasteiger partial charge in [-0.2, -0.15) is 11.8 Å². The highest BCUT2D eigenvalue weighted by atomic mass is 32.2. The summed E-state index contributed by atoms with van der Waals surface area (Å²) in [5.74, 6) is 1.31. The van der Waals surface area contributed by atoms with Crippen molar-refractivity contribution in [1.82, 2.24) is 5.32 Å². The molecule has 96 valence electrons. The van der Waals surface area contributed by atoms with E-state index < -0.39 is 0 Å². The van der Waals surface area contributed by atoms with Crippen LogP contribution in [-0.4, -0.2) is 37.3 Å². The number of nitrogens with one attached hydrogen (secondary N) is 1. The number of thioether (sulfide) groups is 1. The van der Waals surface area contributed by atoms with Crippen molar-refractivity contribution in [3.8, 4) is 0 Å². The second-order valence-corrected chi connectivity index (χ2v) is 5.62. The van der Waals surface area contributed by atoms with Gasteiger partial charge in [-0.15, -0.1) is 0 Å². The van der Waals surface area contributed by atoms with Gasteiger partial charge < -0.3 is 10.1 Å². The Morgan fingerprint density at radius 3 is 2.94 bits per heavy atom. The van der Waals surface area contributed by atoms with Crippen LogP contribution in [0.25, 0.3) is 0 Å². The maximum atomic E-state index is 5.67. The molecule has 16 heavy (non-hydrogen) atoms. The summed E-state index contributed by atoms with van der Waals surface area (Å²) in [7, 11) is 0. The third-order valence-corrected chi connectivity index (χ3v) is 3.98. The summed E-state index contributed by atoms with van der Waals surface area (Å²) in [6.45, 7) is 4.35. The third kappa shape index (κ3) is 6.12. The second kappa shape index (κ2) is 9.32. The fourth-order valence-electron chi connectivity index (χ4n) is 2.20. The van der Waals surface area contributed by atoms with Gasteiger partial charge in [-0.05, 0) is 50.7 Å². The Balaban J connectivity index is 1.95. The zero-order valence-electron chi connectivity index (χ0n) is 10.8. The molecule has 1 aliphatic rings. The van der Waals surface area contributed by atoms with Gasteiger partial charge in [-0.25, -0.2) is 0 Å². The normalized spacial score (nSPS) is 25.9. The summed E-state index contributed by atoms with van der Waals surface area (Å²) in [6.07, 6.45) is 10.3. The van der Waals surface area contributed by atoms with E-state index in [1.807, 2.05) is 11.8 Å². The number of hydrogen-bond donors (Lipinski definition) is 1. The first-order chi connectivity index (χ1) is 7.86. The molecule has 0 aliphatic carbocycles. The SMILES string of the molecule is CCC1CC(NCCCCCSC)CCO1. The van der Waals surface area contributed by atoms with E-state index in [1.165, 1.54) is 44.4 Å². The molecule has 0 aromatic heterocycles. The van der Waals surface area contributed by atoms with Crippen LogP contribution in [0.2, 0.25) is 0 Å². The fourth-order valence-corrected chi connectivity index (χ4v) is 2.70. The van der Waals surface area contributed by atoms with Crippen LogP contribution >= 0.6 is 11.8 Å². The lowest BCUT2D eigenvalue weighted by molar-refractivity contribution is 0.00000379. The molecular weight excluding hydrogens is 218 g/mol. The molecule has 0 aromatic rings. The first-order valence-corrected chi connectivity index (χ1v) is 8.10. The van der Waals surface area contributed by atoms with Crippen LogP contribution in [0.4, 0.5) is 0 Å². The summed E-state index contributed by atoms with van der Waals surface area (Å²) < 4.78 is 5.67. The molecule has 1 saturated heterocycles. The summed E-state index contributed by atoms with van der Waals surface area (Å²) in [5.41, 5.74) is 0. The van der Waals surface area contributed by atoms with E-state index in [2.05, 4.69) is 18.5 Å². The van der Waals surface area contributed by atoms with Crippen LogP contribution in [0, 0.1) is 0 Å². The molecule has 0 spiro atoms. The molecule has 3 heteroatoms. The highest BCUT2D eigenvalue weighted by molar-refractivity contribution is 7.98. The van der Waals surface area contributed by atoms with Crippen molar-refractivity contribution in [2.45, 2.75) is 57.6 Å². The van der Waals surface area contributed by atoms with Gasteiger partial charge >= 0.3 is 0 Å². The largest absolute Gasteiger partial charge is 0.378 e. The highest BCUT2D eigenvalue weighted by Gasteiger charge is 2.20. The summed E-state index contributed by atoms with van der Waals surface area (Å²) in [4.78, 5) is 0. The van der Waals surface area contributed by atoms with E-state index in [1.54, 1.807) is 0 Å². The minimum absolute atomic E-state index is 0.503. The molecule has 0 amide bonds. The zero-order chi connectivity index (χ0) is 11.6. The van der Waals surface area contributed by atoms with Crippen molar-refractivity contribution in [2.75, 3.05) is 25.2 Å². The van der Waals surface area contributed by atoms with Crippen LogP contribution < -0.4 is 5.32 Å². The van der Waals surface area contributed by atoms with Crippen molar-refractivity contribution in [2.24, 2.45) is 0 Å². The monoisotopic (exact) mass is 245 g/mol. The Kier molecular flexibility index (Phi) is 8.34. The predicted molar refractivity (Wildman–Crippen MR) is 73.3 cm³/mol. The minimum atomic E-state index is 0.503. The summed E-state index contributed by atoms with van der Waals surface area (Å²) in [5, 5.41) is 3.68. The van der Waals surface area contributed by atoms with Gasteiger partial charge in [0.25, 0.3) is 0 Å². The van der Waals surface area contributed by atoms with Crippen molar-refractivity contribution in [3.63, 3.8) is 0 Å². The minimum Gasteiger partial charge on any atom is -0.378 e. The van der Waals surface area contributed by atoms with Crippen molar-refractivity contribution >= 4 is 11.8 Å². The lowest BCUT2D eigenvalue weighted by Gasteiger charge is -2.29. The smallest absolute Gasteiger partial charge is 0.0587 e. The molecule has 1 rings (SSSR count). The van der Waals surface area contributed by atoms with Crippen molar-refractivity contribution in [3.05, 3.63) is 0 Å². The van der Waals surface area contributed by atoms with Crippen LogP contribution in [-0.2, 0) is 4.74 Å². The van der Waals surface area contributed by atoms with Gasteiger partial charge in [-0.1, -0.05) is 13.3 Å². The van der Waals surface area contributed by atoms with E-state index in [4.69, 9.17) is 4.74 Å². The molecule has 0 aromatic carbocycles. The summed E-state index contributed by atoms with van der Waals surface area (Å²) in [6, 6.07) is 0.708. The van der Waals surface area contributed by atoms with E-state index in [9.17, 15) is 0 Å². The lowest BCUT2D eigenvalue weighted by atomic mass is 10.0. The van der Waals surface area contributed by atoms with Crippen LogP contribution in [0.3, 0.4) is 0 Å². The van der Waals surface area contributed by atoms with Gasteiger partial charge in [-0.3, -0.25) is 0 Å². The third-order valence-electron chi connectivity index (χ3n) is 3.28. The van der Waals surface area contributed by atoms with Gasteiger partial charge in [0.15, 0.2) is 0 Å². The average Bonchev–Trinajstić information content (AvgIpc) is 2.34. The Bertz CT molecular complexity index is 166. The molecule has 2 unspecified atom stereocenters. The maximum absolute atomic E-state index is 5.67. The summed E-state index contributed by atoms with van der Waals surface area (Å²) >= 11 is 1.95. The van der Waals surface area contributed by atoms with Gasteiger partial charge in [0, 0.05) is 12.6 Å². The maximum Gasteiger partial charge on any atom is 0.0587 e. The van der Waals surface area contributed by atoms with E-state index >= 15 is 0 Å². The van der Waals surface area contributed by atoms with Crippen LogP contribution in [0.1, 0.15) is 45.4 Å². The standard InChI is InChI=1S/C13H27NOS/c1-3-13-11-12(7-9-15-13)14-8-5-4-6-10-16-2/h12-14H,3-11H2,1-2H3. The van der Waals surface area contributed by atoms with Crippen molar-refractivity contribution < 1.29 is 4.74 Å². The average molecular weight is 245 g/mol. The number of rotatable bonds is 8. The van der Waals surface area contributed by atoms with Gasteiger partial charge in [0.2, 0.25) is 0 Å². The molecule has 2 atom stereocenters. The number of unbranched alkanes of at least 4 members (excludes halogenated alkanes) is 2. The van der Waals surface area contributed by atoms with E-state index in [-0.39, 0.29) is 0 Å². The van der Waals surface area contributed by atoms with Crippen LogP contribution in [0.5, 0.6) is 0 Å². The fraction of sp³-hybridized carbons (Fsp3) is 1.00. The molecule has 1 heterocycles. The molecule has 1 N–H and O–H groups in total. The Morgan fingerprint density at radius 2 is 2.19 bits per heavy atom.